The molecule has 0 heterocycles. The standard InChI is InChI=1S/C7H14O3/c1-3-7(2,6-9)10-5-4-8/h6,8H,3-5H2,1-2H3. The zero-order valence-corrected chi connectivity index (χ0v) is 6.46. The second-order valence-electron chi connectivity index (χ2n) is 2.36. The van der Waals surface area contributed by atoms with Gasteiger partial charge in [-0.25, -0.2) is 0 Å². The molecule has 0 rings (SSSR count). The lowest BCUT2D eigenvalue weighted by Crippen LogP contribution is -2.30. The number of carbonyl (C=O) groups is 1. The van der Waals surface area contributed by atoms with Gasteiger partial charge >= 0.3 is 0 Å². The van der Waals surface area contributed by atoms with Crippen molar-refractivity contribution in [2.24, 2.45) is 0 Å². The van der Waals surface area contributed by atoms with Gasteiger partial charge < -0.3 is 14.6 Å². The van der Waals surface area contributed by atoms with Gasteiger partial charge in [0.1, 0.15) is 5.60 Å². The fourth-order valence-electron chi connectivity index (χ4n) is 0.498. The second-order valence-corrected chi connectivity index (χ2v) is 2.36. The molecule has 60 valence electrons. The minimum atomic E-state index is -0.706. The van der Waals surface area contributed by atoms with Crippen LogP contribution in [-0.2, 0) is 9.53 Å². The lowest BCUT2D eigenvalue weighted by molar-refractivity contribution is -0.130. The summed E-state index contributed by atoms with van der Waals surface area (Å²) in [7, 11) is 0. The first kappa shape index (κ1) is 9.59. The SMILES string of the molecule is CCC(C)(C=O)OCCO. The fraction of sp³-hybridized carbons (Fsp3) is 0.857. The van der Waals surface area contributed by atoms with Crippen LogP contribution in [0.2, 0.25) is 0 Å². The molecule has 0 aromatic carbocycles. The largest absolute Gasteiger partial charge is 0.394 e. The molecule has 0 aliphatic rings. The molecular formula is C7H14O3. The fourth-order valence-corrected chi connectivity index (χ4v) is 0.498. The minimum Gasteiger partial charge on any atom is -0.394 e. The summed E-state index contributed by atoms with van der Waals surface area (Å²) >= 11 is 0. The molecule has 3 heteroatoms. The summed E-state index contributed by atoms with van der Waals surface area (Å²) in [6, 6.07) is 0. The van der Waals surface area contributed by atoms with Crippen molar-refractivity contribution in [2.45, 2.75) is 25.9 Å². The Hall–Kier alpha value is -0.410. The number of carbonyl (C=O) groups excluding carboxylic acids is 1. The molecule has 3 nitrogen and oxygen atoms in total. The van der Waals surface area contributed by atoms with Crippen LogP contribution in [0.4, 0.5) is 0 Å². The van der Waals surface area contributed by atoms with Crippen LogP contribution in [-0.4, -0.2) is 30.2 Å². The number of hydrogen-bond acceptors (Lipinski definition) is 3. The van der Waals surface area contributed by atoms with Crippen molar-refractivity contribution in [3.05, 3.63) is 0 Å². The monoisotopic (exact) mass is 146 g/mol. The first-order valence-corrected chi connectivity index (χ1v) is 3.39. The molecule has 1 atom stereocenters. The first-order chi connectivity index (χ1) is 4.68. The van der Waals surface area contributed by atoms with Gasteiger partial charge in [-0.2, -0.15) is 0 Å². The van der Waals surface area contributed by atoms with E-state index in [-0.39, 0.29) is 13.2 Å². The quantitative estimate of drug-likeness (QED) is 0.570. The molecule has 0 spiro atoms. The molecule has 0 amide bonds. The molecule has 1 N–H and O–H groups in total. The Kier molecular flexibility index (Phi) is 4.23. The maximum absolute atomic E-state index is 10.4. The zero-order chi connectivity index (χ0) is 8.04. The highest BCUT2D eigenvalue weighted by Crippen LogP contribution is 2.10. The third kappa shape index (κ3) is 2.94. The van der Waals surface area contributed by atoms with Crippen LogP contribution < -0.4 is 0 Å². The van der Waals surface area contributed by atoms with Crippen LogP contribution in [0.1, 0.15) is 20.3 Å². The third-order valence-corrected chi connectivity index (χ3v) is 1.47. The average Bonchev–Trinajstić information content (AvgIpc) is 2.00. The Balaban J connectivity index is 3.68. The predicted molar refractivity (Wildman–Crippen MR) is 37.8 cm³/mol. The van der Waals surface area contributed by atoms with Gasteiger partial charge in [0.15, 0.2) is 6.29 Å². The molecule has 0 aromatic rings. The normalized spacial score (nSPS) is 16.3. The lowest BCUT2D eigenvalue weighted by Gasteiger charge is -2.20. The number of hydrogen-bond donors (Lipinski definition) is 1. The number of aliphatic hydroxyl groups is 1. The van der Waals surface area contributed by atoms with Crippen molar-refractivity contribution in [3.63, 3.8) is 0 Å². The number of rotatable bonds is 5. The van der Waals surface area contributed by atoms with Gasteiger partial charge in [-0.15, -0.1) is 0 Å². The highest BCUT2D eigenvalue weighted by atomic mass is 16.5. The molecule has 0 fully saturated rings. The Morgan fingerprint density at radius 3 is 2.60 bits per heavy atom. The van der Waals surface area contributed by atoms with E-state index in [2.05, 4.69) is 0 Å². The summed E-state index contributed by atoms with van der Waals surface area (Å²) in [6.07, 6.45) is 1.40. The Bertz CT molecular complexity index is 103. The summed E-state index contributed by atoms with van der Waals surface area (Å²) in [6.45, 7) is 3.76. The molecule has 0 saturated heterocycles. The molecule has 0 aliphatic carbocycles. The van der Waals surface area contributed by atoms with E-state index < -0.39 is 5.60 Å². The van der Waals surface area contributed by atoms with Crippen LogP contribution in [0.15, 0.2) is 0 Å². The minimum absolute atomic E-state index is 0.0383. The Morgan fingerprint density at radius 2 is 2.30 bits per heavy atom. The van der Waals surface area contributed by atoms with Crippen LogP contribution in [0.25, 0.3) is 0 Å². The van der Waals surface area contributed by atoms with Crippen LogP contribution in [0.3, 0.4) is 0 Å². The summed E-state index contributed by atoms with van der Waals surface area (Å²) in [5, 5.41) is 8.38. The molecule has 0 aliphatic heterocycles. The van der Waals surface area contributed by atoms with E-state index in [1.165, 1.54) is 0 Å². The van der Waals surface area contributed by atoms with E-state index >= 15 is 0 Å². The molecule has 0 saturated carbocycles. The summed E-state index contributed by atoms with van der Waals surface area (Å²) in [5.41, 5.74) is -0.706. The third-order valence-electron chi connectivity index (χ3n) is 1.47. The van der Waals surface area contributed by atoms with Gasteiger partial charge in [0, 0.05) is 0 Å². The second kappa shape index (κ2) is 4.41. The van der Waals surface area contributed by atoms with Gasteiger partial charge in [0.2, 0.25) is 0 Å². The van der Waals surface area contributed by atoms with E-state index in [1.54, 1.807) is 6.92 Å². The van der Waals surface area contributed by atoms with Gasteiger partial charge in [-0.1, -0.05) is 6.92 Å². The summed E-state index contributed by atoms with van der Waals surface area (Å²) < 4.78 is 5.06. The molecule has 0 aromatic heterocycles. The highest BCUT2D eigenvalue weighted by molar-refractivity contribution is 5.61. The zero-order valence-electron chi connectivity index (χ0n) is 6.46. The van der Waals surface area contributed by atoms with Gasteiger partial charge in [0.05, 0.1) is 13.2 Å². The molecule has 10 heavy (non-hydrogen) atoms. The lowest BCUT2D eigenvalue weighted by atomic mass is 10.1. The molecular weight excluding hydrogens is 132 g/mol. The Morgan fingerprint density at radius 1 is 1.70 bits per heavy atom. The maximum atomic E-state index is 10.4. The predicted octanol–water partition coefficient (Wildman–Crippen LogP) is 0.363. The van der Waals surface area contributed by atoms with Crippen molar-refractivity contribution >= 4 is 6.29 Å². The molecule has 1 unspecified atom stereocenters. The van der Waals surface area contributed by atoms with Gasteiger partial charge in [0.25, 0.3) is 0 Å². The van der Waals surface area contributed by atoms with Crippen LogP contribution in [0, 0.1) is 0 Å². The van der Waals surface area contributed by atoms with Crippen LogP contribution in [0.5, 0.6) is 0 Å². The van der Waals surface area contributed by atoms with E-state index in [4.69, 9.17) is 9.84 Å². The van der Waals surface area contributed by atoms with Crippen molar-refractivity contribution < 1.29 is 14.6 Å². The van der Waals surface area contributed by atoms with E-state index in [9.17, 15) is 4.79 Å². The van der Waals surface area contributed by atoms with E-state index in [1.807, 2.05) is 6.92 Å². The van der Waals surface area contributed by atoms with Crippen molar-refractivity contribution in [1.82, 2.24) is 0 Å². The number of aldehydes is 1. The Labute approximate surface area is 61.0 Å². The van der Waals surface area contributed by atoms with Crippen LogP contribution >= 0.6 is 0 Å². The summed E-state index contributed by atoms with van der Waals surface area (Å²) in [4.78, 5) is 10.4. The van der Waals surface area contributed by atoms with Gasteiger partial charge in [-0.3, -0.25) is 0 Å². The molecule has 0 bridgehead atoms. The summed E-state index contributed by atoms with van der Waals surface area (Å²) in [5.74, 6) is 0. The average molecular weight is 146 g/mol. The van der Waals surface area contributed by atoms with E-state index in [0.29, 0.717) is 6.42 Å². The van der Waals surface area contributed by atoms with E-state index in [0.717, 1.165) is 6.29 Å². The van der Waals surface area contributed by atoms with Crippen molar-refractivity contribution in [3.8, 4) is 0 Å². The van der Waals surface area contributed by atoms with Crippen molar-refractivity contribution in [1.29, 1.82) is 0 Å². The smallest absolute Gasteiger partial charge is 0.151 e. The molecule has 0 radical (unpaired) electrons. The maximum Gasteiger partial charge on any atom is 0.151 e. The van der Waals surface area contributed by atoms with Crippen molar-refractivity contribution in [2.75, 3.05) is 13.2 Å². The first-order valence-electron chi connectivity index (χ1n) is 3.39. The number of ether oxygens (including phenoxy) is 1. The van der Waals surface area contributed by atoms with Gasteiger partial charge in [-0.05, 0) is 13.3 Å². The number of aliphatic hydroxyl groups excluding tert-OH is 1. The topological polar surface area (TPSA) is 46.5 Å². The highest BCUT2D eigenvalue weighted by Gasteiger charge is 2.20.